The lowest BCUT2D eigenvalue weighted by Gasteiger charge is -2.19. The van der Waals surface area contributed by atoms with Gasteiger partial charge in [0.05, 0.1) is 0 Å². The van der Waals surface area contributed by atoms with Gasteiger partial charge in [-0.2, -0.15) is 8.78 Å². The molecule has 1 N–H and O–H groups in total. The summed E-state index contributed by atoms with van der Waals surface area (Å²) < 4.78 is 25.8. The SMILES string of the molecule is CC(F)(F)C(=O)Nc1ccc(/C=C/C(=O)N2CCC=C(C3=CCCC=C3)CC2)cn1. The second-order valence-corrected chi connectivity index (χ2v) is 7.39. The normalized spacial score (nSPS) is 17.4. The standard InChI is InChI=1S/C23H25F2N3O2/c1-23(24,25)22(30)27-20-11-9-17(16-26-20)10-12-21(29)28-14-5-8-19(13-15-28)18-6-3-2-4-7-18/h3,6-12,16H,2,4-5,13-15H2,1H3,(H,26,27,30)/b12-10+. The van der Waals surface area contributed by atoms with E-state index in [1.54, 1.807) is 12.1 Å². The summed E-state index contributed by atoms with van der Waals surface area (Å²) in [7, 11) is 0. The van der Waals surface area contributed by atoms with Crippen molar-refractivity contribution in [3.05, 3.63) is 65.4 Å². The van der Waals surface area contributed by atoms with Crippen LogP contribution in [0.4, 0.5) is 14.6 Å². The number of halogens is 2. The Morgan fingerprint density at radius 2 is 2.00 bits per heavy atom. The lowest BCUT2D eigenvalue weighted by atomic mass is 9.97. The van der Waals surface area contributed by atoms with Crippen LogP contribution in [0.3, 0.4) is 0 Å². The number of carbonyl (C=O) groups excluding carboxylic acids is 2. The van der Waals surface area contributed by atoms with Gasteiger partial charge in [-0.05, 0) is 60.6 Å². The molecule has 7 heteroatoms. The summed E-state index contributed by atoms with van der Waals surface area (Å²) in [5, 5.41) is 2.05. The summed E-state index contributed by atoms with van der Waals surface area (Å²) in [5.41, 5.74) is 3.20. The highest BCUT2D eigenvalue weighted by molar-refractivity contribution is 5.95. The quantitative estimate of drug-likeness (QED) is 0.723. The second kappa shape index (κ2) is 9.61. The molecular weight excluding hydrogens is 388 g/mol. The van der Waals surface area contributed by atoms with Crippen LogP contribution in [0, 0.1) is 0 Å². The Balaban J connectivity index is 1.54. The first kappa shape index (κ1) is 21.6. The molecule has 0 radical (unpaired) electrons. The number of nitrogens with one attached hydrogen (secondary N) is 1. The molecule has 0 fully saturated rings. The number of nitrogens with zero attached hydrogens (tertiary/aromatic N) is 2. The minimum Gasteiger partial charge on any atom is -0.339 e. The molecule has 1 aliphatic heterocycles. The number of carbonyl (C=O) groups is 2. The molecule has 5 nitrogen and oxygen atoms in total. The average molecular weight is 413 g/mol. The van der Waals surface area contributed by atoms with E-state index < -0.39 is 11.8 Å². The topological polar surface area (TPSA) is 62.3 Å². The smallest absolute Gasteiger partial charge is 0.322 e. The van der Waals surface area contributed by atoms with Crippen LogP contribution < -0.4 is 5.32 Å². The van der Waals surface area contributed by atoms with Crippen molar-refractivity contribution in [3.8, 4) is 0 Å². The predicted octanol–water partition coefficient (Wildman–Crippen LogP) is 4.51. The number of hydrogen-bond acceptors (Lipinski definition) is 3. The summed E-state index contributed by atoms with van der Waals surface area (Å²) in [6, 6.07) is 3.02. The number of pyridine rings is 1. The Morgan fingerprint density at radius 1 is 1.17 bits per heavy atom. The number of rotatable bonds is 5. The largest absolute Gasteiger partial charge is 0.339 e. The average Bonchev–Trinajstić information content (AvgIpc) is 2.99. The highest BCUT2D eigenvalue weighted by Crippen LogP contribution is 2.24. The Labute approximate surface area is 174 Å². The molecule has 0 atom stereocenters. The molecular formula is C23H25F2N3O2. The predicted molar refractivity (Wildman–Crippen MR) is 113 cm³/mol. The van der Waals surface area contributed by atoms with Gasteiger partial charge >= 0.3 is 5.92 Å². The molecule has 3 rings (SSSR count). The maximum absolute atomic E-state index is 12.9. The van der Waals surface area contributed by atoms with Crippen molar-refractivity contribution in [2.45, 2.75) is 38.5 Å². The molecule has 1 aliphatic carbocycles. The number of alkyl halides is 2. The first-order valence-corrected chi connectivity index (χ1v) is 10.0. The summed E-state index contributed by atoms with van der Waals surface area (Å²) in [6.45, 7) is 1.85. The van der Waals surface area contributed by atoms with Gasteiger partial charge in [0.2, 0.25) is 5.91 Å². The third-order valence-corrected chi connectivity index (χ3v) is 4.96. The highest BCUT2D eigenvalue weighted by atomic mass is 19.3. The number of aromatic nitrogens is 1. The Kier molecular flexibility index (Phi) is 6.92. The Bertz CT molecular complexity index is 909. The van der Waals surface area contributed by atoms with Crippen molar-refractivity contribution in [3.63, 3.8) is 0 Å². The van der Waals surface area contributed by atoms with Gasteiger partial charge in [0.1, 0.15) is 5.82 Å². The minimum atomic E-state index is -3.47. The van der Waals surface area contributed by atoms with Crippen molar-refractivity contribution in [2.24, 2.45) is 0 Å². The Morgan fingerprint density at radius 3 is 2.67 bits per heavy atom. The minimum absolute atomic E-state index is 0.0298. The maximum Gasteiger partial charge on any atom is 0.322 e. The molecule has 0 aromatic carbocycles. The van der Waals surface area contributed by atoms with Crippen LogP contribution in [-0.2, 0) is 9.59 Å². The fourth-order valence-electron chi connectivity index (χ4n) is 3.27. The van der Waals surface area contributed by atoms with Gasteiger partial charge in [-0.3, -0.25) is 9.59 Å². The zero-order chi connectivity index (χ0) is 21.6. The third-order valence-electron chi connectivity index (χ3n) is 4.96. The Hall–Kier alpha value is -3.09. The summed E-state index contributed by atoms with van der Waals surface area (Å²) >= 11 is 0. The first-order chi connectivity index (χ1) is 14.3. The van der Waals surface area contributed by atoms with Crippen molar-refractivity contribution in [1.29, 1.82) is 0 Å². The van der Waals surface area contributed by atoms with Crippen molar-refractivity contribution in [2.75, 3.05) is 18.4 Å². The van der Waals surface area contributed by atoms with Gasteiger partial charge in [-0.15, -0.1) is 0 Å². The van der Waals surface area contributed by atoms with Crippen LogP contribution in [-0.4, -0.2) is 40.7 Å². The number of hydrogen-bond donors (Lipinski definition) is 1. The zero-order valence-electron chi connectivity index (χ0n) is 16.9. The molecule has 0 unspecified atom stereocenters. The molecule has 2 aliphatic rings. The van der Waals surface area contributed by atoms with E-state index >= 15 is 0 Å². The lowest BCUT2D eigenvalue weighted by molar-refractivity contribution is -0.137. The van der Waals surface area contributed by atoms with Crippen molar-refractivity contribution in [1.82, 2.24) is 9.88 Å². The molecule has 0 saturated carbocycles. The van der Waals surface area contributed by atoms with Gasteiger partial charge < -0.3 is 10.2 Å². The fraction of sp³-hybridized carbons (Fsp3) is 0.348. The van der Waals surface area contributed by atoms with E-state index in [0.29, 0.717) is 25.6 Å². The molecule has 1 aromatic rings. The summed E-state index contributed by atoms with van der Waals surface area (Å²) in [4.78, 5) is 29.6. The van der Waals surface area contributed by atoms with E-state index in [4.69, 9.17) is 0 Å². The molecule has 0 saturated heterocycles. The van der Waals surface area contributed by atoms with Crippen LogP contribution in [0.15, 0.2) is 59.9 Å². The number of allylic oxidation sites excluding steroid dienone is 4. The van der Waals surface area contributed by atoms with E-state index in [1.165, 1.54) is 29.5 Å². The molecule has 1 aromatic heterocycles. The first-order valence-electron chi connectivity index (χ1n) is 10.0. The van der Waals surface area contributed by atoms with E-state index in [0.717, 1.165) is 25.7 Å². The summed E-state index contributed by atoms with van der Waals surface area (Å²) in [6.07, 6.45) is 17.1. The van der Waals surface area contributed by atoms with Gasteiger partial charge in [0.25, 0.3) is 5.91 Å². The van der Waals surface area contributed by atoms with E-state index in [-0.39, 0.29) is 11.7 Å². The van der Waals surface area contributed by atoms with Crippen molar-refractivity contribution >= 4 is 23.7 Å². The van der Waals surface area contributed by atoms with Crippen LogP contribution in [0.5, 0.6) is 0 Å². The van der Waals surface area contributed by atoms with Gasteiger partial charge in [-0.1, -0.05) is 24.3 Å². The van der Waals surface area contributed by atoms with Gasteiger partial charge in [0, 0.05) is 32.3 Å². The van der Waals surface area contributed by atoms with E-state index in [1.807, 2.05) is 10.2 Å². The maximum atomic E-state index is 12.9. The van der Waals surface area contributed by atoms with Crippen molar-refractivity contribution < 1.29 is 18.4 Å². The van der Waals surface area contributed by atoms with Crippen LogP contribution >= 0.6 is 0 Å². The highest BCUT2D eigenvalue weighted by Gasteiger charge is 2.32. The molecule has 2 amide bonds. The van der Waals surface area contributed by atoms with E-state index in [2.05, 4.69) is 29.3 Å². The third kappa shape index (κ3) is 5.95. The monoisotopic (exact) mass is 413 g/mol. The second-order valence-electron chi connectivity index (χ2n) is 7.39. The molecule has 0 bridgehead atoms. The van der Waals surface area contributed by atoms with Gasteiger partial charge in [-0.25, -0.2) is 4.98 Å². The lowest BCUT2D eigenvalue weighted by Crippen LogP contribution is -2.31. The molecule has 30 heavy (non-hydrogen) atoms. The summed E-state index contributed by atoms with van der Waals surface area (Å²) in [5.74, 6) is -4.94. The number of anilines is 1. The van der Waals surface area contributed by atoms with Crippen LogP contribution in [0.2, 0.25) is 0 Å². The number of amides is 2. The van der Waals surface area contributed by atoms with Crippen LogP contribution in [0.25, 0.3) is 6.08 Å². The van der Waals surface area contributed by atoms with Gasteiger partial charge in [0.15, 0.2) is 0 Å². The zero-order valence-corrected chi connectivity index (χ0v) is 16.9. The molecule has 158 valence electrons. The molecule has 0 spiro atoms. The fourth-order valence-corrected chi connectivity index (χ4v) is 3.27. The van der Waals surface area contributed by atoms with E-state index in [9.17, 15) is 18.4 Å². The molecule has 2 heterocycles. The van der Waals surface area contributed by atoms with Crippen LogP contribution in [0.1, 0.15) is 38.2 Å².